The van der Waals surface area contributed by atoms with Gasteiger partial charge < -0.3 is 5.11 Å². The van der Waals surface area contributed by atoms with Crippen molar-refractivity contribution in [3.8, 4) is 0 Å². The van der Waals surface area contributed by atoms with E-state index in [4.69, 9.17) is 0 Å². The van der Waals surface area contributed by atoms with Gasteiger partial charge >= 0.3 is 0 Å². The van der Waals surface area contributed by atoms with Gasteiger partial charge in [0.15, 0.2) is 0 Å². The van der Waals surface area contributed by atoms with Gasteiger partial charge in [-0.2, -0.15) is 0 Å². The highest BCUT2D eigenvalue weighted by Crippen LogP contribution is 2.51. The van der Waals surface area contributed by atoms with Gasteiger partial charge in [0.05, 0.1) is 6.10 Å². The Balaban J connectivity index is 1.79. The first-order valence-electron chi connectivity index (χ1n) is 7.04. The van der Waals surface area contributed by atoms with Crippen LogP contribution >= 0.6 is 0 Å². The molecule has 0 bridgehead atoms. The minimum Gasteiger partial charge on any atom is -0.393 e. The Morgan fingerprint density at radius 2 is 1.27 bits per heavy atom. The van der Waals surface area contributed by atoms with Gasteiger partial charge in [-0.15, -0.1) is 0 Å². The molecule has 3 saturated carbocycles. The normalized spacial score (nSPS) is 50.6. The van der Waals surface area contributed by atoms with Crippen LogP contribution in [0.5, 0.6) is 0 Å². The molecule has 1 heteroatoms. The lowest BCUT2D eigenvalue weighted by Gasteiger charge is -2.50. The zero-order valence-electron chi connectivity index (χ0n) is 9.70. The summed E-state index contributed by atoms with van der Waals surface area (Å²) in [5.41, 5.74) is 0. The summed E-state index contributed by atoms with van der Waals surface area (Å²) in [7, 11) is 0. The molecule has 0 spiro atoms. The van der Waals surface area contributed by atoms with Crippen LogP contribution in [-0.4, -0.2) is 11.2 Å². The van der Waals surface area contributed by atoms with E-state index in [9.17, 15) is 5.11 Å². The van der Waals surface area contributed by atoms with E-state index >= 15 is 0 Å². The van der Waals surface area contributed by atoms with Gasteiger partial charge in [0.1, 0.15) is 0 Å². The number of hydrogen-bond acceptors (Lipinski definition) is 1. The monoisotopic (exact) mass is 208 g/mol. The van der Waals surface area contributed by atoms with E-state index in [0.717, 1.165) is 24.2 Å². The van der Waals surface area contributed by atoms with Crippen LogP contribution in [0.4, 0.5) is 0 Å². The highest BCUT2D eigenvalue weighted by Gasteiger charge is 2.44. The van der Waals surface area contributed by atoms with Gasteiger partial charge in [0.25, 0.3) is 0 Å². The van der Waals surface area contributed by atoms with Crippen LogP contribution in [0.1, 0.15) is 57.8 Å². The second-order valence-electron chi connectivity index (χ2n) is 6.12. The van der Waals surface area contributed by atoms with Crippen LogP contribution in [0.3, 0.4) is 0 Å². The lowest BCUT2D eigenvalue weighted by Crippen LogP contribution is -2.45. The van der Waals surface area contributed by atoms with Crippen molar-refractivity contribution in [2.24, 2.45) is 23.7 Å². The maximum Gasteiger partial charge on any atom is 0.0573 e. The molecule has 0 aromatic heterocycles. The van der Waals surface area contributed by atoms with Crippen molar-refractivity contribution in [1.29, 1.82) is 0 Å². The third-order valence-corrected chi connectivity index (χ3v) is 5.43. The number of aliphatic hydroxyl groups is 1. The number of rotatable bonds is 0. The van der Waals surface area contributed by atoms with Crippen molar-refractivity contribution in [1.82, 2.24) is 0 Å². The molecular weight excluding hydrogens is 184 g/mol. The minimum absolute atomic E-state index is 0.0506. The summed E-state index contributed by atoms with van der Waals surface area (Å²) < 4.78 is 0. The molecule has 0 aliphatic heterocycles. The fourth-order valence-electron chi connectivity index (χ4n) is 4.78. The summed E-state index contributed by atoms with van der Waals surface area (Å²) >= 11 is 0. The molecule has 3 aliphatic rings. The summed E-state index contributed by atoms with van der Waals surface area (Å²) in [6.07, 6.45) is 12.5. The molecule has 3 aliphatic carbocycles. The quantitative estimate of drug-likeness (QED) is 0.647. The third-order valence-electron chi connectivity index (χ3n) is 5.43. The maximum atomic E-state index is 10.2. The smallest absolute Gasteiger partial charge is 0.0573 e. The molecule has 0 aromatic rings. The van der Waals surface area contributed by atoms with Crippen LogP contribution in [0.2, 0.25) is 0 Å². The molecule has 86 valence electrons. The lowest BCUT2D eigenvalue weighted by molar-refractivity contribution is -0.0642. The summed E-state index contributed by atoms with van der Waals surface area (Å²) in [6.45, 7) is 0. The second-order valence-corrected chi connectivity index (χ2v) is 6.12. The summed E-state index contributed by atoms with van der Waals surface area (Å²) in [5, 5.41) is 10.2. The summed E-state index contributed by atoms with van der Waals surface area (Å²) in [6, 6.07) is 0. The fraction of sp³-hybridized carbons (Fsp3) is 1.00. The zero-order valence-corrected chi connectivity index (χ0v) is 9.70. The van der Waals surface area contributed by atoms with Gasteiger partial charge in [-0.3, -0.25) is 0 Å². The van der Waals surface area contributed by atoms with E-state index in [0.29, 0.717) is 5.92 Å². The fourth-order valence-corrected chi connectivity index (χ4v) is 4.78. The third kappa shape index (κ3) is 1.73. The minimum atomic E-state index is 0.0506. The zero-order chi connectivity index (χ0) is 10.3. The molecule has 1 nitrogen and oxygen atoms in total. The molecule has 0 unspecified atom stereocenters. The lowest BCUT2D eigenvalue weighted by atomic mass is 9.57. The average Bonchev–Trinajstić information content (AvgIpc) is 2.30. The van der Waals surface area contributed by atoms with E-state index < -0.39 is 0 Å². The van der Waals surface area contributed by atoms with Gasteiger partial charge in [0.2, 0.25) is 0 Å². The largest absolute Gasteiger partial charge is 0.393 e. The standard InChI is InChI=1S/C14H24O/c15-14-9-10-5-1-2-6-11(10)12-7-3-4-8-13(12)14/h10-15H,1-9H2/t10-,11+,12-,13+,14+/m1/s1. The Hall–Kier alpha value is -0.0400. The van der Waals surface area contributed by atoms with E-state index in [1.807, 2.05) is 0 Å². The van der Waals surface area contributed by atoms with Crippen LogP contribution < -0.4 is 0 Å². The van der Waals surface area contributed by atoms with Gasteiger partial charge in [-0.05, 0) is 49.4 Å². The van der Waals surface area contributed by atoms with Crippen LogP contribution in [-0.2, 0) is 0 Å². The van der Waals surface area contributed by atoms with E-state index in [1.165, 1.54) is 51.4 Å². The topological polar surface area (TPSA) is 20.2 Å². The molecule has 5 atom stereocenters. The average molecular weight is 208 g/mol. The predicted molar refractivity (Wildman–Crippen MR) is 61.5 cm³/mol. The molecule has 0 heterocycles. The van der Waals surface area contributed by atoms with E-state index in [1.54, 1.807) is 0 Å². The molecular formula is C14H24O. The number of aliphatic hydroxyl groups excluding tert-OH is 1. The second kappa shape index (κ2) is 4.08. The Labute approximate surface area is 93.3 Å². The molecule has 15 heavy (non-hydrogen) atoms. The van der Waals surface area contributed by atoms with Crippen molar-refractivity contribution in [2.75, 3.05) is 0 Å². The summed E-state index contributed by atoms with van der Waals surface area (Å²) in [4.78, 5) is 0. The Morgan fingerprint density at radius 3 is 2.07 bits per heavy atom. The van der Waals surface area contributed by atoms with E-state index in [-0.39, 0.29) is 6.10 Å². The molecule has 0 saturated heterocycles. The first-order valence-corrected chi connectivity index (χ1v) is 7.04. The van der Waals surface area contributed by atoms with Crippen molar-refractivity contribution in [2.45, 2.75) is 63.9 Å². The van der Waals surface area contributed by atoms with Crippen molar-refractivity contribution >= 4 is 0 Å². The Bertz CT molecular complexity index is 225. The Morgan fingerprint density at radius 1 is 0.667 bits per heavy atom. The summed E-state index contributed by atoms with van der Waals surface area (Å²) in [5.74, 6) is 3.45. The highest BCUT2D eigenvalue weighted by atomic mass is 16.3. The predicted octanol–water partition coefficient (Wildman–Crippen LogP) is 3.36. The molecule has 1 N–H and O–H groups in total. The first-order chi connectivity index (χ1) is 7.36. The molecule has 3 rings (SSSR count). The molecule has 0 radical (unpaired) electrons. The highest BCUT2D eigenvalue weighted by molar-refractivity contribution is 4.95. The van der Waals surface area contributed by atoms with Crippen LogP contribution in [0.25, 0.3) is 0 Å². The SMILES string of the molecule is O[C@H]1C[C@H]2CCCC[C@@H]2[C@H]2CCCC[C@@H]21. The molecule has 0 aromatic carbocycles. The van der Waals surface area contributed by atoms with Crippen molar-refractivity contribution < 1.29 is 5.11 Å². The van der Waals surface area contributed by atoms with Gasteiger partial charge in [0, 0.05) is 0 Å². The Kier molecular flexibility index (Phi) is 2.76. The van der Waals surface area contributed by atoms with Crippen LogP contribution in [0.15, 0.2) is 0 Å². The molecule has 0 amide bonds. The first kappa shape index (κ1) is 10.1. The van der Waals surface area contributed by atoms with Gasteiger partial charge in [-0.25, -0.2) is 0 Å². The molecule has 3 fully saturated rings. The maximum absolute atomic E-state index is 10.2. The number of fused-ring (bicyclic) bond motifs is 3. The number of hydrogen-bond donors (Lipinski definition) is 1. The van der Waals surface area contributed by atoms with Crippen LogP contribution in [0, 0.1) is 23.7 Å². The van der Waals surface area contributed by atoms with E-state index in [2.05, 4.69) is 0 Å². The van der Waals surface area contributed by atoms with Crippen molar-refractivity contribution in [3.05, 3.63) is 0 Å². The van der Waals surface area contributed by atoms with Crippen molar-refractivity contribution in [3.63, 3.8) is 0 Å². The van der Waals surface area contributed by atoms with Gasteiger partial charge in [-0.1, -0.05) is 32.1 Å².